The first-order valence-electron chi connectivity index (χ1n) is 15.0. The van der Waals surface area contributed by atoms with Gasteiger partial charge in [0.1, 0.15) is 0 Å². The molecular formula is C32H59NO3. The van der Waals surface area contributed by atoms with Crippen molar-refractivity contribution in [3.63, 3.8) is 0 Å². The standard InChI is InChI=1S/C26H43NO2.C3H6.C2H6.CH4O/c1-17-18-9-13-25(4)22(23(18,2)12-10-21(17)27-29)8-7-19-20-6-5-11-26(20,16-28)15-14-24(19,25)3;1-3-2;2*1-2/h17-20,22,28-29H,5-16H2,1-4H3;3H,1H2,2H3;1-2H3;2H,1H3/b27-21+;;;/t17?,18?,19?,20?,22?,23?,24-,25?,26?;;;/m1.../s1. The molecule has 0 radical (unpaired) electrons. The van der Waals surface area contributed by atoms with Gasteiger partial charge in [-0.2, -0.15) is 0 Å². The molecule has 0 heterocycles. The number of hydrogen-bond donors (Lipinski definition) is 3. The van der Waals surface area contributed by atoms with Crippen molar-refractivity contribution in [2.45, 2.75) is 119 Å². The first kappa shape index (κ1) is 31.3. The molecule has 36 heavy (non-hydrogen) atoms. The lowest BCUT2D eigenvalue weighted by molar-refractivity contribution is -0.223. The van der Waals surface area contributed by atoms with Crippen molar-refractivity contribution >= 4 is 5.71 Å². The highest BCUT2D eigenvalue weighted by atomic mass is 16.4. The lowest BCUT2D eigenvalue weighted by Crippen LogP contribution is -2.65. The largest absolute Gasteiger partial charge is 0.411 e. The summed E-state index contributed by atoms with van der Waals surface area (Å²) in [5, 5.41) is 30.6. The molecule has 210 valence electrons. The average molecular weight is 506 g/mol. The third-order valence-corrected chi connectivity index (χ3v) is 12.4. The molecule has 8 unspecified atom stereocenters. The summed E-state index contributed by atoms with van der Waals surface area (Å²) in [6.07, 6.45) is 15.8. The highest BCUT2D eigenvalue weighted by molar-refractivity contribution is 5.87. The Balaban J connectivity index is 0.000000596. The maximum absolute atomic E-state index is 10.4. The SMILES string of the molecule is C=CC.CC.CC1/C(=N/O)CCC2(C)C1CCC1(C)C2CCC2C3CCCC3(CO)CC[C@]21C.CO. The van der Waals surface area contributed by atoms with Crippen LogP contribution in [0.15, 0.2) is 17.8 Å². The first-order chi connectivity index (χ1) is 17.2. The van der Waals surface area contributed by atoms with E-state index in [1.807, 2.05) is 20.8 Å². The number of rotatable bonds is 1. The Morgan fingerprint density at radius 1 is 0.889 bits per heavy atom. The fourth-order valence-electron chi connectivity index (χ4n) is 10.5. The summed E-state index contributed by atoms with van der Waals surface area (Å²) in [6, 6.07) is 0. The van der Waals surface area contributed by atoms with Gasteiger partial charge in [0.15, 0.2) is 0 Å². The minimum atomic E-state index is 0.250. The molecule has 4 nitrogen and oxygen atoms in total. The molecule has 5 aliphatic carbocycles. The predicted octanol–water partition coefficient (Wildman–Crippen LogP) is 8.10. The Morgan fingerprint density at radius 3 is 2.11 bits per heavy atom. The van der Waals surface area contributed by atoms with Crippen LogP contribution < -0.4 is 0 Å². The fourth-order valence-corrected chi connectivity index (χ4v) is 10.5. The van der Waals surface area contributed by atoms with E-state index in [0.29, 0.717) is 34.7 Å². The molecule has 5 rings (SSSR count). The summed E-state index contributed by atoms with van der Waals surface area (Å²) >= 11 is 0. The molecule has 5 saturated carbocycles. The number of aliphatic hydroxyl groups is 2. The van der Waals surface area contributed by atoms with Crippen LogP contribution in [-0.4, -0.2) is 34.8 Å². The minimum Gasteiger partial charge on any atom is -0.411 e. The molecule has 5 aliphatic rings. The number of hydrogen-bond acceptors (Lipinski definition) is 4. The third kappa shape index (κ3) is 4.61. The summed E-state index contributed by atoms with van der Waals surface area (Å²) < 4.78 is 0. The first-order valence-corrected chi connectivity index (χ1v) is 15.0. The van der Waals surface area contributed by atoms with E-state index in [1.165, 1.54) is 64.2 Å². The Hall–Kier alpha value is -0.870. The molecule has 0 spiro atoms. The molecule has 9 atom stereocenters. The molecule has 0 bridgehead atoms. The van der Waals surface area contributed by atoms with E-state index in [0.717, 1.165) is 37.0 Å². The molecule has 4 heteroatoms. The van der Waals surface area contributed by atoms with Gasteiger partial charge in [-0.15, -0.1) is 6.58 Å². The van der Waals surface area contributed by atoms with Crippen molar-refractivity contribution in [2.75, 3.05) is 13.7 Å². The zero-order valence-electron chi connectivity index (χ0n) is 24.9. The van der Waals surface area contributed by atoms with Gasteiger partial charge < -0.3 is 15.4 Å². The van der Waals surface area contributed by atoms with Crippen LogP contribution in [0.2, 0.25) is 0 Å². The van der Waals surface area contributed by atoms with Crippen molar-refractivity contribution < 1.29 is 15.4 Å². The van der Waals surface area contributed by atoms with E-state index in [4.69, 9.17) is 5.11 Å². The normalized spacial score (nSPS) is 47.6. The molecule has 0 aromatic heterocycles. The van der Waals surface area contributed by atoms with Crippen LogP contribution in [0.5, 0.6) is 0 Å². The number of aliphatic hydroxyl groups excluding tert-OH is 2. The summed E-state index contributed by atoms with van der Waals surface area (Å²) in [5.41, 5.74) is 2.52. The van der Waals surface area contributed by atoms with E-state index in [9.17, 15) is 10.3 Å². The van der Waals surface area contributed by atoms with E-state index < -0.39 is 0 Å². The smallest absolute Gasteiger partial charge is 0.0602 e. The molecule has 0 aromatic rings. The Labute approximate surface area is 223 Å². The van der Waals surface area contributed by atoms with Gasteiger partial charge in [-0.05, 0) is 116 Å². The average Bonchev–Trinajstić information content (AvgIpc) is 3.32. The van der Waals surface area contributed by atoms with Crippen LogP contribution >= 0.6 is 0 Å². The number of nitrogens with zero attached hydrogens (tertiary/aromatic N) is 1. The zero-order chi connectivity index (χ0) is 27.4. The van der Waals surface area contributed by atoms with Gasteiger partial charge in [-0.3, -0.25) is 0 Å². The van der Waals surface area contributed by atoms with Crippen molar-refractivity contribution in [1.82, 2.24) is 0 Å². The molecule has 0 amide bonds. The Kier molecular flexibility index (Phi) is 10.7. The van der Waals surface area contributed by atoms with Crippen LogP contribution in [0, 0.1) is 51.2 Å². The Morgan fingerprint density at radius 2 is 1.53 bits per heavy atom. The topological polar surface area (TPSA) is 73.1 Å². The van der Waals surface area contributed by atoms with Gasteiger partial charge in [0.05, 0.1) is 5.71 Å². The highest BCUT2D eigenvalue weighted by Gasteiger charge is 2.68. The second-order valence-corrected chi connectivity index (χ2v) is 13.0. The lowest BCUT2D eigenvalue weighted by Gasteiger charge is -2.71. The molecular weight excluding hydrogens is 446 g/mol. The van der Waals surface area contributed by atoms with Gasteiger partial charge in [-0.1, -0.05) is 59.2 Å². The molecule has 0 aromatic carbocycles. The second kappa shape index (κ2) is 12.3. The summed E-state index contributed by atoms with van der Waals surface area (Å²) in [7, 11) is 1.00. The van der Waals surface area contributed by atoms with Gasteiger partial charge in [0.2, 0.25) is 0 Å². The maximum atomic E-state index is 10.4. The third-order valence-electron chi connectivity index (χ3n) is 12.4. The van der Waals surface area contributed by atoms with Gasteiger partial charge in [-0.25, -0.2) is 0 Å². The van der Waals surface area contributed by atoms with Crippen LogP contribution in [-0.2, 0) is 0 Å². The van der Waals surface area contributed by atoms with Gasteiger partial charge in [0, 0.05) is 19.6 Å². The van der Waals surface area contributed by atoms with E-state index >= 15 is 0 Å². The monoisotopic (exact) mass is 505 g/mol. The Bertz CT molecular complexity index is 752. The minimum absolute atomic E-state index is 0.250. The van der Waals surface area contributed by atoms with Crippen LogP contribution in [0.4, 0.5) is 0 Å². The molecule has 0 saturated heterocycles. The zero-order valence-corrected chi connectivity index (χ0v) is 24.9. The van der Waals surface area contributed by atoms with Gasteiger partial charge in [0.25, 0.3) is 0 Å². The van der Waals surface area contributed by atoms with Crippen molar-refractivity contribution in [2.24, 2.45) is 56.4 Å². The van der Waals surface area contributed by atoms with Crippen molar-refractivity contribution in [1.29, 1.82) is 0 Å². The lowest BCUT2D eigenvalue weighted by atomic mass is 9.33. The summed E-state index contributed by atoms with van der Waals surface area (Å²) in [6.45, 7) is 19.9. The highest BCUT2D eigenvalue weighted by Crippen LogP contribution is 2.75. The van der Waals surface area contributed by atoms with Crippen molar-refractivity contribution in [3.8, 4) is 0 Å². The van der Waals surface area contributed by atoms with Gasteiger partial charge >= 0.3 is 0 Å². The van der Waals surface area contributed by atoms with E-state index in [2.05, 4.69) is 39.4 Å². The van der Waals surface area contributed by atoms with E-state index in [1.54, 1.807) is 6.08 Å². The number of fused-ring (bicyclic) bond motifs is 7. The molecule has 0 aliphatic heterocycles. The second-order valence-electron chi connectivity index (χ2n) is 13.0. The summed E-state index contributed by atoms with van der Waals surface area (Å²) in [5.74, 6) is 3.46. The van der Waals surface area contributed by atoms with Crippen molar-refractivity contribution in [3.05, 3.63) is 12.7 Å². The number of allylic oxidation sites excluding steroid dienone is 1. The maximum Gasteiger partial charge on any atom is 0.0602 e. The fraction of sp³-hybridized carbons (Fsp3) is 0.906. The molecule has 5 fully saturated rings. The van der Waals surface area contributed by atoms with Crippen LogP contribution in [0.3, 0.4) is 0 Å². The molecule has 3 N–H and O–H groups in total. The van der Waals surface area contributed by atoms with Crippen LogP contribution in [0.1, 0.15) is 119 Å². The summed E-state index contributed by atoms with van der Waals surface area (Å²) in [4.78, 5) is 0. The quantitative estimate of drug-likeness (QED) is 0.191. The van der Waals surface area contributed by atoms with E-state index in [-0.39, 0.29) is 5.41 Å². The predicted molar refractivity (Wildman–Crippen MR) is 152 cm³/mol. The number of oxime groups is 1. The van der Waals surface area contributed by atoms with Crippen LogP contribution in [0.25, 0.3) is 0 Å².